The lowest BCUT2D eigenvalue weighted by molar-refractivity contribution is 0.310. The monoisotopic (exact) mass is 256 g/mol. The van der Waals surface area contributed by atoms with E-state index in [1.807, 2.05) is 0 Å². The van der Waals surface area contributed by atoms with Crippen LogP contribution in [-0.2, 0) is 0 Å². The van der Waals surface area contributed by atoms with Gasteiger partial charge in [-0.15, -0.1) is 0 Å². The molecular formula is C16H36N2. The Morgan fingerprint density at radius 1 is 0.889 bits per heavy atom. The molecule has 0 N–H and O–H groups in total. The Bertz CT molecular complexity index is 279. The summed E-state index contributed by atoms with van der Waals surface area (Å²) < 4.78 is 0. The molecule has 1 saturated heterocycles. The first-order valence-electron chi connectivity index (χ1n) is 4.69. The number of nitrogens with zero attached hydrogens (tertiary/aromatic N) is 2. The van der Waals surface area contributed by atoms with Crippen LogP contribution in [0.4, 0.5) is 0 Å². The molecule has 0 amide bonds. The fraction of sp³-hybridized carbons (Fsp3) is 0.625. The lowest BCUT2D eigenvalue weighted by atomic mass is 10.1. The molecule has 0 atom stereocenters. The summed E-state index contributed by atoms with van der Waals surface area (Å²) in [5.74, 6) is 0. The smallest absolute Gasteiger partial charge is 0.0421 e. The highest BCUT2D eigenvalue weighted by Gasteiger charge is 2.13. The molecular weight excluding hydrogens is 220 g/mol. The minimum absolute atomic E-state index is 0. The number of allylic oxidation sites excluding steroid dienone is 2. The fourth-order valence-electron chi connectivity index (χ4n) is 1.70. The Hall–Kier alpha value is -1.02. The first-order chi connectivity index (χ1) is 6.24. The van der Waals surface area contributed by atoms with Gasteiger partial charge in [-0.25, -0.2) is 0 Å². The van der Waals surface area contributed by atoms with Gasteiger partial charge in [-0.1, -0.05) is 49.3 Å². The summed E-state index contributed by atoms with van der Waals surface area (Å²) in [4.78, 5) is 4.50. The van der Waals surface area contributed by atoms with Crippen molar-refractivity contribution in [3.63, 3.8) is 0 Å². The third kappa shape index (κ3) is 6.65. The molecule has 18 heavy (non-hydrogen) atoms. The predicted octanol–water partition coefficient (Wildman–Crippen LogP) is 4.42. The van der Waals surface area contributed by atoms with Gasteiger partial charge in [0.15, 0.2) is 0 Å². The van der Waals surface area contributed by atoms with E-state index in [4.69, 9.17) is 0 Å². The van der Waals surface area contributed by atoms with E-state index in [0.29, 0.717) is 0 Å². The third-order valence-corrected chi connectivity index (χ3v) is 2.45. The number of likely N-dealkylation sites (N-methyl/N-ethyl adjacent to an activating group) is 2. The van der Waals surface area contributed by atoms with Crippen molar-refractivity contribution in [2.75, 3.05) is 33.7 Å². The van der Waals surface area contributed by atoms with E-state index < -0.39 is 0 Å². The molecule has 2 aliphatic heterocycles. The highest BCUT2D eigenvalue weighted by molar-refractivity contribution is 5.32. The van der Waals surface area contributed by atoms with E-state index in [1.165, 1.54) is 11.1 Å². The molecule has 0 unspecified atom stereocenters. The first kappa shape index (κ1) is 25.7. The topological polar surface area (TPSA) is 6.48 Å². The molecule has 2 nitrogen and oxygen atoms in total. The first-order valence-corrected chi connectivity index (χ1v) is 4.69. The summed E-state index contributed by atoms with van der Waals surface area (Å²) >= 11 is 0. The minimum atomic E-state index is 0. The van der Waals surface area contributed by atoms with Gasteiger partial charge in [-0.05, 0) is 30.5 Å². The van der Waals surface area contributed by atoms with Crippen LogP contribution in [0.3, 0.4) is 0 Å². The molecule has 0 bridgehead atoms. The molecule has 0 radical (unpaired) electrons. The molecule has 0 spiro atoms. The summed E-state index contributed by atoms with van der Waals surface area (Å²) in [5.41, 5.74) is 2.95. The van der Waals surface area contributed by atoms with Gasteiger partial charge in [0.2, 0.25) is 0 Å². The lowest BCUT2D eigenvalue weighted by Crippen LogP contribution is -2.36. The largest absolute Gasteiger partial charge is 0.376 e. The van der Waals surface area contributed by atoms with Crippen LogP contribution in [0.25, 0.3) is 0 Å². The summed E-state index contributed by atoms with van der Waals surface area (Å²) in [6.45, 7) is 3.34. The second kappa shape index (κ2) is 11.1. The maximum Gasteiger partial charge on any atom is 0.0421 e. The Morgan fingerprint density at radius 2 is 1.44 bits per heavy atom. The van der Waals surface area contributed by atoms with E-state index >= 15 is 0 Å². The van der Waals surface area contributed by atoms with Crippen molar-refractivity contribution in [1.82, 2.24) is 9.80 Å². The number of hydrogen-bond acceptors (Lipinski definition) is 2. The molecule has 0 saturated carbocycles. The van der Waals surface area contributed by atoms with Crippen LogP contribution in [0.5, 0.6) is 0 Å². The lowest BCUT2D eigenvalue weighted by Gasteiger charge is -2.29. The third-order valence-electron chi connectivity index (χ3n) is 2.45. The van der Waals surface area contributed by atoms with Crippen LogP contribution in [0.2, 0.25) is 0 Å². The molecule has 2 aliphatic rings. The standard InChI is InChI=1S/C11H16N2.5CH4/c1-12-6-5-10(7-12)3-4-11-8-13(2)9-11;;;;;/h3-6H,7-9H2,1-2H3;5*1H4. The van der Waals surface area contributed by atoms with Crippen molar-refractivity contribution in [2.45, 2.75) is 37.1 Å². The Balaban J connectivity index is -0.000000196. The molecule has 1 fully saturated rings. The Morgan fingerprint density at radius 3 is 1.83 bits per heavy atom. The zero-order valence-corrected chi connectivity index (χ0v) is 8.33. The zero-order chi connectivity index (χ0) is 9.26. The van der Waals surface area contributed by atoms with Gasteiger partial charge in [0.25, 0.3) is 0 Å². The highest BCUT2D eigenvalue weighted by Crippen LogP contribution is 2.14. The van der Waals surface area contributed by atoms with Gasteiger partial charge in [0.1, 0.15) is 0 Å². The SMILES string of the molecule is C.C.C.C.C.CN1C=CC(=CC=C2CN(C)C2)C1. The van der Waals surface area contributed by atoms with E-state index in [-0.39, 0.29) is 37.1 Å². The van der Waals surface area contributed by atoms with Crippen LogP contribution in [0, 0.1) is 0 Å². The number of likely N-dealkylation sites (tertiary alicyclic amines) is 1. The van der Waals surface area contributed by atoms with Gasteiger partial charge >= 0.3 is 0 Å². The fourth-order valence-corrected chi connectivity index (χ4v) is 1.70. The molecule has 0 aromatic carbocycles. The van der Waals surface area contributed by atoms with Gasteiger partial charge in [0.05, 0.1) is 0 Å². The van der Waals surface area contributed by atoms with E-state index in [9.17, 15) is 0 Å². The van der Waals surface area contributed by atoms with Gasteiger partial charge in [-0.2, -0.15) is 0 Å². The van der Waals surface area contributed by atoms with E-state index in [1.54, 1.807) is 0 Å². The maximum absolute atomic E-state index is 2.31. The van der Waals surface area contributed by atoms with Crippen molar-refractivity contribution in [2.24, 2.45) is 0 Å². The molecule has 2 rings (SSSR count). The second-order valence-corrected chi connectivity index (χ2v) is 3.97. The predicted molar refractivity (Wildman–Crippen MR) is 89.1 cm³/mol. The highest BCUT2D eigenvalue weighted by atomic mass is 15.1. The van der Waals surface area contributed by atoms with Crippen LogP contribution in [0.15, 0.2) is 35.6 Å². The molecule has 2 heteroatoms. The molecule has 0 aromatic rings. The Kier molecular flexibility index (Phi) is 15.9. The van der Waals surface area contributed by atoms with Crippen molar-refractivity contribution >= 4 is 0 Å². The van der Waals surface area contributed by atoms with Gasteiger partial charge < -0.3 is 4.90 Å². The minimum Gasteiger partial charge on any atom is -0.376 e. The van der Waals surface area contributed by atoms with Crippen LogP contribution in [-0.4, -0.2) is 43.5 Å². The quantitative estimate of drug-likeness (QED) is 0.685. The van der Waals surface area contributed by atoms with E-state index in [0.717, 1.165) is 19.6 Å². The average Bonchev–Trinajstić information content (AvgIpc) is 2.43. The van der Waals surface area contributed by atoms with E-state index in [2.05, 4.69) is 48.3 Å². The molecule has 0 aliphatic carbocycles. The average molecular weight is 256 g/mol. The van der Waals surface area contributed by atoms with Gasteiger partial charge in [0, 0.05) is 26.7 Å². The van der Waals surface area contributed by atoms with Crippen LogP contribution < -0.4 is 0 Å². The molecule has 110 valence electrons. The van der Waals surface area contributed by atoms with Crippen molar-refractivity contribution < 1.29 is 0 Å². The maximum atomic E-state index is 2.31. The van der Waals surface area contributed by atoms with Gasteiger partial charge in [-0.3, -0.25) is 4.90 Å². The second-order valence-electron chi connectivity index (χ2n) is 3.97. The van der Waals surface area contributed by atoms with Crippen molar-refractivity contribution in [1.29, 1.82) is 0 Å². The number of rotatable bonds is 1. The van der Waals surface area contributed by atoms with Crippen molar-refractivity contribution in [3.05, 3.63) is 35.6 Å². The molecule has 0 aromatic heterocycles. The normalized spacial score (nSPS) is 18.4. The Labute approximate surface area is 117 Å². The summed E-state index contributed by atoms with van der Waals surface area (Å²) in [6.07, 6.45) is 8.80. The summed E-state index contributed by atoms with van der Waals surface area (Å²) in [6, 6.07) is 0. The number of hydrogen-bond donors (Lipinski definition) is 0. The molecule has 2 heterocycles. The van der Waals surface area contributed by atoms with Crippen LogP contribution in [0.1, 0.15) is 37.1 Å². The van der Waals surface area contributed by atoms with Crippen molar-refractivity contribution in [3.8, 4) is 0 Å². The zero-order valence-electron chi connectivity index (χ0n) is 8.33. The summed E-state index contributed by atoms with van der Waals surface area (Å²) in [7, 11) is 4.25. The van der Waals surface area contributed by atoms with Crippen LogP contribution >= 0.6 is 0 Å². The summed E-state index contributed by atoms with van der Waals surface area (Å²) in [5, 5.41) is 0.